The van der Waals surface area contributed by atoms with Crippen molar-refractivity contribution in [3.8, 4) is 0 Å². The Bertz CT molecular complexity index is 470. The zero-order chi connectivity index (χ0) is 11.4. The van der Waals surface area contributed by atoms with Crippen LogP contribution in [-0.4, -0.2) is 12.0 Å². The summed E-state index contributed by atoms with van der Waals surface area (Å²) in [6.07, 6.45) is 1.79. The van der Waals surface area contributed by atoms with E-state index in [0.717, 1.165) is 22.5 Å². The number of rotatable bonds is 4. The molecule has 0 fully saturated rings. The Labute approximate surface area is 107 Å². The number of nitrogens with zero attached hydrogens (tertiary/aromatic N) is 1. The Hall–Kier alpha value is -1.07. The first-order chi connectivity index (χ1) is 7.79. The van der Waals surface area contributed by atoms with Crippen LogP contribution in [0.2, 0.25) is 0 Å². The minimum atomic E-state index is 0.825. The van der Waals surface area contributed by atoms with Gasteiger partial charge < -0.3 is 10.6 Å². The van der Waals surface area contributed by atoms with Gasteiger partial charge >= 0.3 is 0 Å². The monoisotopic (exact) mass is 297 g/mol. The van der Waals surface area contributed by atoms with Crippen LogP contribution in [0.25, 0.3) is 0 Å². The van der Waals surface area contributed by atoms with Crippen LogP contribution >= 0.6 is 27.3 Å². The van der Waals surface area contributed by atoms with Gasteiger partial charge in [-0.2, -0.15) is 0 Å². The summed E-state index contributed by atoms with van der Waals surface area (Å²) in [7, 11) is 1.86. The minimum Gasteiger partial charge on any atom is -0.380 e. The first kappa shape index (κ1) is 11.4. The van der Waals surface area contributed by atoms with Crippen molar-refractivity contribution in [2.75, 3.05) is 17.7 Å². The van der Waals surface area contributed by atoms with Gasteiger partial charge in [-0.05, 0) is 33.4 Å². The van der Waals surface area contributed by atoms with Gasteiger partial charge in [0.1, 0.15) is 5.82 Å². The van der Waals surface area contributed by atoms with E-state index in [9.17, 15) is 0 Å². The molecule has 84 valence electrons. The zero-order valence-electron chi connectivity index (χ0n) is 8.83. The second kappa shape index (κ2) is 5.32. The molecule has 0 spiro atoms. The second-order valence-corrected chi connectivity index (χ2v) is 5.08. The third-order valence-corrected chi connectivity index (χ3v) is 4.09. The van der Waals surface area contributed by atoms with E-state index in [0.29, 0.717) is 0 Å². The molecule has 0 radical (unpaired) electrons. The molecule has 0 aliphatic rings. The minimum absolute atomic E-state index is 0.825. The van der Waals surface area contributed by atoms with Crippen molar-refractivity contribution in [1.82, 2.24) is 4.98 Å². The molecule has 0 aliphatic carbocycles. The van der Waals surface area contributed by atoms with Gasteiger partial charge in [-0.3, -0.25) is 0 Å². The van der Waals surface area contributed by atoms with Crippen molar-refractivity contribution in [3.05, 3.63) is 39.1 Å². The fourth-order valence-electron chi connectivity index (χ4n) is 1.31. The lowest BCUT2D eigenvalue weighted by atomic mass is 10.3. The largest absolute Gasteiger partial charge is 0.380 e. The topological polar surface area (TPSA) is 37.0 Å². The maximum atomic E-state index is 4.16. The second-order valence-electron chi connectivity index (χ2n) is 3.23. The van der Waals surface area contributed by atoms with E-state index in [2.05, 4.69) is 43.0 Å². The third-order valence-electron chi connectivity index (χ3n) is 2.16. The number of anilines is 2. The van der Waals surface area contributed by atoms with Crippen molar-refractivity contribution < 1.29 is 0 Å². The van der Waals surface area contributed by atoms with Gasteiger partial charge in [-0.25, -0.2) is 4.98 Å². The van der Waals surface area contributed by atoms with E-state index >= 15 is 0 Å². The summed E-state index contributed by atoms with van der Waals surface area (Å²) >= 11 is 5.25. The highest BCUT2D eigenvalue weighted by atomic mass is 79.9. The van der Waals surface area contributed by atoms with Gasteiger partial charge in [0.25, 0.3) is 0 Å². The summed E-state index contributed by atoms with van der Waals surface area (Å²) in [5.74, 6) is 0.871. The van der Waals surface area contributed by atoms with E-state index in [1.807, 2.05) is 19.2 Å². The highest BCUT2D eigenvalue weighted by Crippen LogP contribution is 2.23. The summed E-state index contributed by atoms with van der Waals surface area (Å²) in [5, 5.41) is 8.45. The van der Waals surface area contributed by atoms with Crippen molar-refractivity contribution in [2.45, 2.75) is 6.54 Å². The number of aromatic nitrogens is 1. The Balaban J connectivity index is 2.02. The van der Waals surface area contributed by atoms with Crippen LogP contribution in [0.5, 0.6) is 0 Å². The molecule has 0 aromatic carbocycles. The Morgan fingerprint density at radius 2 is 2.31 bits per heavy atom. The Morgan fingerprint density at radius 3 is 3.00 bits per heavy atom. The van der Waals surface area contributed by atoms with E-state index in [4.69, 9.17) is 0 Å². The Kier molecular flexibility index (Phi) is 3.79. The summed E-state index contributed by atoms with van der Waals surface area (Å²) < 4.78 is 1.16. The van der Waals surface area contributed by atoms with Gasteiger partial charge in [-0.15, -0.1) is 11.3 Å². The molecule has 2 aromatic rings. The molecule has 0 saturated carbocycles. The molecular weight excluding hydrogens is 286 g/mol. The average Bonchev–Trinajstić information content (AvgIpc) is 2.72. The van der Waals surface area contributed by atoms with Crippen molar-refractivity contribution >= 4 is 38.8 Å². The van der Waals surface area contributed by atoms with Gasteiger partial charge in [-0.1, -0.05) is 0 Å². The molecule has 0 bridgehead atoms. The number of pyridine rings is 1. The van der Waals surface area contributed by atoms with Gasteiger partial charge in [0.05, 0.1) is 6.54 Å². The van der Waals surface area contributed by atoms with Crippen molar-refractivity contribution in [3.63, 3.8) is 0 Å². The molecule has 2 N–H and O–H groups in total. The van der Waals surface area contributed by atoms with Gasteiger partial charge in [0.2, 0.25) is 0 Å². The molecule has 2 rings (SSSR count). The lowest BCUT2D eigenvalue weighted by molar-refractivity contribution is 1.17. The summed E-state index contributed by atoms with van der Waals surface area (Å²) in [6, 6.07) is 6.01. The third kappa shape index (κ3) is 2.74. The molecule has 0 saturated heterocycles. The molecule has 3 nitrogen and oxygen atoms in total. The van der Waals surface area contributed by atoms with E-state index in [-0.39, 0.29) is 0 Å². The summed E-state index contributed by atoms with van der Waals surface area (Å²) in [4.78, 5) is 5.46. The molecule has 0 unspecified atom stereocenters. The Morgan fingerprint density at radius 1 is 1.44 bits per heavy atom. The number of hydrogen-bond donors (Lipinski definition) is 2. The van der Waals surface area contributed by atoms with Crippen LogP contribution < -0.4 is 10.6 Å². The number of thiophene rings is 1. The van der Waals surface area contributed by atoms with Crippen molar-refractivity contribution in [1.29, 1.82) is 0 Å². The standard InChI is InChI=1S/C11H12BrN3S/c1-13-11-6-8(2-4-14-11)15-7-10-9(12)3-5-16-10/h2-6H,7H2,1H3,(H2,13,14,15). The number of nitrogens with one attached hydrogen (secondary N) is 2. The van der Waals surface area contributed by atoms with Crippen LogP contribution in [0.4, 0.5) is 11.5 Å². The molecule has 0 aliphatic heterocycles. The zero-order valence-corrected chi connectivity index (χ0v) is 11.2. The lowest BCUT2D eigenvalue weighted by Gasteiger charge is -2.06. The predicted octanol–water partition coefficient (Wildman–Crippen LogP) is 3.56. The molecule has 0 atom stereocenters. The highest BCUT2D eigenvalue weighted by Gasteiger charge is 2.01. The SMILES string of the molecule is CNc1cc(NCc2sccc2Br)ccn1. The van der Waals surface area contributed by atoms with E-state index in [1.54, 1.807) is 17.5 Å². The molecule has 2 aromatic heterocycles. The number of hydrogen-bond acceptors (Lipinski definition) is 4. The number of halogens is 1. The van der Waals surface area contributed by atoms with Gasteiger partial charge in [0.15, 0.2) is 0 Å². The van der Waals surface area contributed by atoms with Crippen LogP contribution in [0.1, 0.15) is 4.88 Å². The van der Waals surface area contributed by atoms with Gasteiger partial charge in [0, 0.05) is 34.3 Å². The van der Waals surface area contributed by atoms with Crippen LogP contribution in [-0.2, 0) is 6.54 Å². The maximum Gasteiger partial charge on any atom is 0.127 e. The fraction of sp³-hybridized carbons (Fsp3) is 0.182. The first-order valence-corrected chi connectivity index (χ1v) is 6.56. The fourth-order valence-corrected chi connectivity index (χ4v) is 2.74. The average molecular weight is 298 g/mol. The normalized spacial score (nSPS) is 10.1. The predicted molar refractivity (Wildman–Crippen MR) is 73.1 cm³/mol. The molecular formula is C11H12BrN3S. The molecule has 2 heterocycles. The van der Waals surface area contributed by atoms with E-state index < -0.39 is 0 Å². The van der Waals surface area contributed by atoms with Crippen LogP contribution in [0.15, 0.2) is 34.2 Å². The summed E-state index contributed by atoms with van der Waals surface area (Å²) in [5.41, 5.74) is 1.07. The van der Waals surface area contributed by atoms with E-state index in [1.165, 1.54) is 4.88 Å². The quantitative estimate of drug-likeness (QED) is 0.906. The van der Waals surface area contributed by atoms with Crippen LogP contribution in [0, 0.1) is 0 Å². The maximum absolute atomic E-state index is 4.16. The highest BCUT2D eigenvalue weighted by molar-refractivity contribution is 9.10. The molecule has 0 amide bonds. The van der Waals surface area contributed by atoms with Crippen molar-refractivity contribution in [2.24, 2.45) is 0 Å². The smallest absolute Gasteiger partial charge is 0.127 e. The lowest BCUT2D eigenvalue weighted by Crippen LogP contribution is -1.99. The molecule has 5 heteroatoms. The first-order valence-electron chi connectivity index (χ1n) is 4.89. The molecule has 16 heavy (non-hydrogen) atoms. The summed E-state index contributed by atoms with van der Waals surface area (Å²) in [6.45, 7) is 0.825. The van der Waals surface area contributed by atoms with Crippen LogP contribution in [0.3, 0.4) is 0 Å².